The Kier molecular flexibility index (Phi) is 11.1. The molecule has 0 fully saturated rings. The van der Waals surface area contributed by atoms with Gasteiger partial charge in [0, 0.05) is 29.1 Å². The monoisotopic (exact) mass is 582 g/mol. The predicted octanol–water partition coefficient (Wildman–Crippen LogP) is 5.24. The number of hydrogen-bond acceptors (Lipinski definition) is 8. The number of anilines is 2. The van der Waals surface area contributed by atoms with Crippen LogP contribution in [-0.4, -0.2) is 61.3 Å². The second kappa shape index (κ2) is 14.5. The average molecular weight is 583 g/mol. The molecule has 3 aromatic rings. The van der Waals surface area contributed by atoms with Gasteiger partial charge in [-0.15, -0.1) is 11.3 Å². The number of urea groups is 1. The molecule has 1 aromatic carbocycles. The molecule has 0 aliphatic carbocycles. The topological polar surface area (TPSA) is 134 Å². The zero-order chi connectivity index (χ0) is 30.0. The summed E-state index contributed by atoms with van der Waals surface area (Å²) in [7, 11) is 5.51. The summed E-state index contributed by atoms with van der Waals surface area (Å²) in [5.74, 6) is 0.264. The highest BCUT2D eigenvalue weighted by atomic mass is 32.1. The Hall–Kier alpha value is -4.16. The van der Waals surface area contributed by atoms with Crippen LogP contribution in [0.5, 0.6) is 5.75 Å². The largest absolute Gasteiger partial charge is 0.496 e. The Balaban J connectivity index is 1.64. The summed E-state index contributed by atoms with van der Waals surface area (Å²) in [5, 5.41) is 14.7. The summed E-state index contributed by atoms with van der Waals surface area (Å²) in [6.45, 7) is 6.35. The van der Waals surface area contributed by atoms with E-state index >= 15 is 0 Å². The van der Waals surface area contributed by atoms with Crippen LogP contribution in [0.1, 0.15) is 54.8 Å². The molecular weight excluding hydrogens is 544 g/mol. The molecule has 1 unspecified atom stereocenters. The highest BCUT2D eigenvalue weighted by molar-refractivity contribution is 7.09. The maximum atomic E-state index is 12.9. The lowest BCUT2D eigenvalue weighted by Crippen LogP contribution is -2.38. The van der Waals surface area contributed by atoms with Crippen LogP contribution < -0.4 is 26.0 Å². The van der Waals surface area contributed by atoms with Gasteiger partial charge in [0.05, 0.1) is 24.5 Å². The number of carbonyl (C=O) groups is 3. The Labute approximate surface area is 244 Å². The first kappa shape index (κ1) is 31.4. The Morgan fingerprint density at radius 1 is 1.02 bits per heavy atom. The van der Waals surface area contributed by atoms with Crippen molar-refractivity contribution in [2.45, 2.75) is 45.4 Å². The predicted molar refractivity (Wildman–Crippen MR) is 161 cm³/mol. The van der Waals surface area contributed by atoms with Gasteiger partial charge in [-0.2, -0.15) is 0 Å². The third-order valence-electron chi connectivity index (χ3n) is 5.77. The zero-order valence-electron chi connectivity index (χ0n) is 24.2. The fraction of sp³-hybridized carbons (Fsp3) is 0.379. The molecular formula is C29H38N6O5S. The number of hydrogen-bond donors (Lipinski definition) is 4. The molecule has 2 heterocycles. The first-order chi connectivity index (χ1) is 19.4. The maximum Gasteiger partial charge on any atom is 0.412 e. The van der Waals surface area contributed by atoms with E-state index in [2.05, 4.69) is 26.3 Å². The van der Waals surface area contributed by atoms with Crippen molar-refractivity contribution in [2.24, 2.45) is 0 Å². The van der Waals surface area contributed by atoms with Gasteiger partial charge in [-0.1, -0.05) is 24.3 Å². The van der Waals surface area contributed by atoms with Gasteiger partial charge in [0.25, 0.3) is 5.91 Å². The van der Waals surface area contributed by atoms with E-state index in [0.29, 0.717) is 30.1 Å². The van der Waals surface area contributed by atoms with Crippen molar-refractivity contribution >= 4 is 40.7 Å². The first-order valence-electron chi connectivity index (χ1n) is 13.1. The summed E-state index contributed by atoms with van der Waals surface area (Å²) in [4.78, 5) is 44.2. The number of ether oxygens (including phenoxy) is 2. The van der Waals surface area contributed by atoms with Gasteiger partial charge in [-0.25, -0.2) is 9.59 Å². The van der Waals surface area contributed by atoms with Crippen molar-refractivity contribution in [3.8, 4) is 5.75 Å². The number of rotatable bonds is 11. The van der Waals surface area contributed by atoms with E-state index in [-0.39, 0.29) is 17.8 Å². The van der Waals surface area contributed by atoms with Crippen LogP contribution in [0.15, 0.2) is 53.4 Å². The van der Waals surface area contributed by atoms with Gasteiger partial charge in [0.1, 0.15) is 17.0 Å². The van der Waals surface area contributed by atoms with Crippen molar-refractivity contribution in [3.63, 3.8) is 0 Å². The van der Waals surface area contributed by atoms with E-state index in [0.717, 1.165) is 17.7 Å². The van der Waals surface area contributed by atoms with Crippen molar-refractivity contribution in [1.29, 1.82) is 0 Å². The SMILES string of the molecule is COc1ccccc1CNC(=O)NC(CCN(C)C)c1ccc(C(=O)Nc2cscc2NC(=O)OC(C)(C)C)nc1. The van der Waals surface area contributed by atoms with Crippen LogP contribution in [0.2, 0.25) is 0 Å². The minimum Gasteiger partial charge on any atom is -0.496 e. The minimum atomic E-state index is -0.648. The normalized spacial score (nSPS) is 11.9. The number of para-hydroxylation sites is 1. The lowest BCUT2D eigenvalue weighted by molar-refractivity contribution is 0.0635. The molecule has 1 atom stereocenters. The third kappa shape index (κ3) is 10.1. The molecule has 0 spiro atoms. The molecule has 0 saturated heterocycles. The number of benzene rings is 1. The molecule has 0 bridgehead atoms. The fourth-order valence-electron chi connectivity index (χ4n) is 3.78. The maximum absolute atomic E-state index is 12.9. The van der Waals surface area contributed by atoms with Crippen LogP contribution in [0.25, 0.3) is 0 Å². The molecule has 4 amide bonds. The second-order valence-corrected chi connectivity index (χ2v) is 11.3. The summed E-state index contributed by atoms with van der Waals surface area (Å²) in [5.41, 5.74) is 2.04. The lowest BCUT2D eigenvalue weighted by Gasteiger charge is -2.21. The van der Waals surface area contributed by atoms with Gasteiger partial charge in [-0.05, 0) is 65.5 Å². The quantitative estimate of drug-likeness (QED) is 0.243. The van der Waals surface area contributed by atoms with E-state index in [4.69, 9.17) is 9.47 Å². The zero-order valence-corrected chi connectivity index (χ0v) is 25.1. The number of amides is 4. The highest BCUT2D eigenvalue weighted by Gasteiger charge is 2.20. The molecule has 41 heavy (non-hydrogen) atoms. The van der Waals surface area contributed by atoms with Gasteiger partial charge in [0.15, 0.2) is 0 Å². The van der Waals surface area contributed by atoms with Crippen LogP contribution in [-0.2, 0) is 11.3 Å². The molecule has 0 aliphatic rings. The Morgan fingerprint density at radius 3 is 2.37 bits per heavy atom. The van der Waals surface area contributed by atoms with Crippen LogP contribution >= 0.6 is 11.3 Å². The van der Waals surface area contributed by atoms with E-state index in [9.17, 15) is 14.4 Å². The molecule has 12 heteroatoms. The number of nitrogens with one attached hydrogen (secondary N) is 4. The molecule has 220 valence electrons. The number of pyridine rings is 1. The molecule has 4 N–H and O–H groups in total. The van der Waals surface area contributed by atoms with E-state index in [1.54, 1.807) is 57.0 Å². The van der Waals surface area contributed by atoms with Gasteiger partial charge < -0.3 is 30.3 Å². The molecule has 2 aromatic heterocycles. The van der Waals surface area contributed by atoms with Crippen molar-refractivity contribution in [2.75, 3.05) is 38.4 Å². The average Bonchev–Trinajstić information content (AvgIpc) is 3.34. The Morgan fingerprint density at radius 2 is 1.73 bits per heavy atom. The fourth-order valence-corrected chi connectivity index (χ4v) is 4.49. The molecule has 3 rings (SSSR count). The third-order valence-corrected chi connectivity index (χ3v) is 6.51. The number of aromatic nitrogens is 1. The van der Waals surface area contributed by atoms with Crippen LogP contribution in [0.3, 0.4) is 0 Å². The number of methoxy groups -OCH3 is 1. The molecule has 0 saturated carbocycles. The van der Waals surface area contributed by atoms with E-state index in [1.165, 1.54) is 11.3 Å². The van der Waals surface area contributed by atoms with Crippen molar-refractivity contribution in [3.05, 3.63) is 70.2 Å². The van der Waals surface area contributed by atoms with Crippen molar-refractivity contribution < 1.29 is 23.9 Å². The molecule has 0 aliphatic heterocycles. The first-order valence-corrected chi connectivity index (χ1v) is 14.0. The number of nitrogens with zero attached hydrogens (tertiary/aromatic N) is 2. The van der Waals surface area contributed by atoms with E-state index < -0.39 is 17.6 Å². The van der Waals surface area contributed by atoms with E-state index in [1.807, 2.05) is 43.3 Å². The smallest absolute Gasteiger partial charge is 0.412 e. The number of thiophene rings is 1. The van der Waals surface area contributed by atoms with Gasteiger partial charge in [-0.3, -0.25) is 15.1 Å². The lowest BCUT2D eigenvalue weighted by atomic mass is 10.1. The van der Waals surface area contributed by atoms with Crippen LogP contribution in [0, 0.1) is 0 Å². The Bertz CT molecular complexity index is 1320. The van der Waals surface area contributed by atoms with Gasteiger partial charge >= 0.3 is 12.1 Å². The van der Waals surface area contributed by atoms with Crippen LogP contribution in [0.4, 0.5) is 21.0 Å². The number of carbonyl (C=O) groups excluding carboxylic acids is 3. The summed E-state index contributed by atoms with van der Waals surface area (Å²) < 4.78 is 10.6. The second-order valence-electron chi connectivity index (χ2n) is 10.5. The van der Waals surface area contributed by atoms with Crippen molar-refractivity contribution in [1.82, 2.24) is 20.5 Å². The molecule has 11 nitrogen and oxygen atoms in total. The summed E-state index contributed by atoms with van der Waals surface area (Å²) >= 11 is 1.33. The summed E-state index contributed by atoms with van der Waals surface area (Å²) in [6, 6.07) is 10.2. The van der Waals surface area contributed by atoms with Gasteiger partial charge in [0.2, 0.25) is 0 Å². The highest BCUT2D eigenvalue weighted by Crippen LogP contribution is 2.28. The standard InChI is InChI=1S/C29H38N6O5S/c1-29(2,3)40-28(38)34-24-18-41-17-23(24)32-26(36)22-12-11-19(15-30-22)21(13-14-35(4)5)33-27(37)31-16-20-9-7-8-10-25(20)39-6/h7-12,15,17-18,21H,13-14,16H2,1-6H3,(H,32,36)(H,34,38)(H2,31,33,37). The molecule has 0 radical (unpaired) electrons. The summed E-state index contributed by atoms with van der Waals surface area (Å²) in [6.07, 6.45) is 1.61. The minimum absolute atomic E-state index is 0.190.